The molecule has 0 saturated heterocycles. The minimum absolute atomic E-state index is 0. The van der Waals surface area contributed by atoms with Crippen LogP contribution in [0.1, 0.15) is 96.8 Å². The van der Waals surface area contributed by atoms with Crippen molar-refractivity contribution in [1.29, 1.82) is 0 Å². The van der Waals surface area contributed by atoms with Gasteiger partial charge in [-0.15, -0.1) is 0 Å². The summed E-state index contributed by atoms with van der Waals surface area (Å²) in [4.78, 5) is 23.3. The first-order valence-corrected chi connectivity index (χ1v) is 10.2. The van der Waals surface area contributed by atoms with E-state index in [2.05, 4.69) is 6.92 Å². The molecular formula is C20H39KNO4. The molecule has 6 heteroatoms. The molecule has 5 nitrogen and oxygen atoms in total. The van der Waals surface area contributed by atoms with Gasteiger partial charge in [0.25, 0.3) is 0 Å². The summed E-state index contributed by atoms with van der Waals surface area (Å²) < 4.78 is 0. The minimum atomic E-state index is -0.824. The van der Waals surface area contributed by atoms with Crippen LogP contribution >= 0.6 is 0 Å². The number of aliphatic carboxylic acids is 2. The normalized spacial score (nSPS) is 10.7. The van der Waals surface area contributed by atoms with Gasteiger partial charge >= 0.3 is 11.9 Å². The van der Waals surface area contributed by atoms with Crippen molar-refractivity contribution < 1.29 is 19.8 Å². The van der Waals surface area contributed by atoms with E-state index in [1.807, 2.05) is 4.90 Å². The Morgan fingerprint density at radius 3 is 1.31 bits per heavy atom. The maximum absolute atomic E-state index is 10.7. The SMILES string of the molecule is CCCCCCCCCCCCCCN(CCC(=O)O)CCC(=O)O.[K]. The van der Waals surface area contributed by atoms with E-state index < -0.39 is 11.9 Å². The second-order valence-corrected chi connectivity index (χ2v) is 7.02. The van der Waals surface area contributed by atoms with Crippen LogP contribution in [0.2, 0.25) is 0 Å². The molecule has 0 aromatic heterocycles. The van der Waals surface area contributed by atoms with Crippen LogP contribution in [0.5, 0.6) is 0 Å². The van der Waals surface area contributed by atoms with Crippen molar-refractivity contribution >= 4 is 63.3 Å². The zero-order valence-electron chi connectivity index (χ0n) is 17.2. The molecular weight excluding hydrogens is 357 g/mol. The summed E-state index contributed by atoms with van der Waals surface area (Å²) in [7, 11) is 0. The molecule has 0 rings (SSSR count). The van der Waals surface area contributed by atoms with Gasteiger partial charge in [0.15, 0.2) is 0 Å². The van der Waals surface area contributed by atoms with Crippen molar-refractivity contribution in [3.8, 4) is 0 Å². The molecule has 0 saturated carbocycles. The molecule has 0 fully saturated rings. The van der Waals surface area contributed by atoms with Gasteiger partial charge in [-0.25, -0.2) is 0 Å². The Hall–Kier alpha value is 0.536. The summed E-state index contributed by atoms with van der Waals surface area (Å²) >= 11 is 0. The van der Waals surface area contributed by atoms with Gasteiger partial charge in [0, 0.05) is 64.5 Å². The molecule has 0 atom stereocenters. The molecule has 1 radical (unpaired) electrons. The van der Waals surface area contributed by atoms with E-state index >= 15 is 0 Å². The molecule has 0 aliphatic rings. The van der Waals surface area contributed by atoms with E-state index in [1.165, 1.54) is 64.2 Å². The fraction of sp³-hybridized carbons (Fsp3) is 0.900. The van der Waals surface area contributed by atoms with Gasteiger partial charge in [-0.3, -0.25) is 9.59 Å². The zero-order valence-corrected chi connectivity index (χ0v) is 20.3. The first-order valence-electron chi connectivity index (χ1n) is 10.2. The van der Waals surface area contributed by atoms with Crippen LogP contribution in [0.25, 0.3) is 0 Å². The zero-order chi connectivity index (χ0) is 18.8. The Kier molecular flexibility index (Phi) is 24.1. The van der Waals surface area contributed by atoms with E-state index in [0.29, 0.717) is 13.1 Å². The molecule has 0 heterocycles. The van der Waals surface area contributed by atoms with Gasteiger partial charge in [0.1, 0.15) is 0 Å². The number of hydrogen-bond donors (Lipinski definition) is 2. The molecule has 0 unspecified atom stereocenters. The number of unbranched alkanes of at least 4 members (excludes halogenated alkanes) is 11. The molecule has 0 aromatic carbocycles. The number of carboxylic acids is 2. The van der Waals surface area contributed by atoms with E-state index in [-0.39, 0.29) is 64.2 Å². The summed E-state index contributed by atoms with van der Waals surface area (Å²) in [5, 5.41) is 17.5. The molecule has 149 valence electrons. The van der Waals surface area contributed by atoms with E-state index in [1.54, 1.807) is 0 Å². The van der Waals surface area contributed by atoms with Gasteiger partial charge in [-0.05, 0) is 13.0 Å². The van der Waals surface area contributed by atoms with Crippen molar-refractivity contribution in [2.75, 3.05) is 19.6 Å². The van der Waals surface area contributed by atoms with Crippen LogP contribution in [0.4, 0.5) is 0 Å². The van der Waals surface area contributed by atoms with Gasteiger partial charge < -0.3 is 15.1 Å². The van der Waals surface area contributed by atoms with Crippen molar-refractivity contribution in [1.82, 2.24) is 4.90 Å². The average molecular weight is 397 g/mol. The summed E-state index contributed by atoms with van der Waals surface area (Å²) in [6.45, 7) is 3.94. The van der Waals surface area contributed by atoms with Gasteiger partial charge in [-0.1, -0.05) is 77.6 Å². The van der Waals surface area contributed by atoms with Crippen LogP contribution in [0, 0.1) is 0 Å². The maximum Gasteiger partial charge on any atom is 0.304 e. The molecule has 0 aliphatic heterocycles. The third-order valence-corrected chi connectivity index (χ3v) is 4.61. The smallest absolute Gasteiger partial charge is 0.304 e. The number of hydrogen-bond acceptors (Lipinski definition) is 3. The van der Waals surface area contributed by atoms with Gasteiger partial charge in [0.05, 0.1) is 12.8 Å². The van der Waals surface area contributed by atoms with Crippen molar-refractivity contribution in [3.05, 3.63) is 0 Å². The molecule has 2 N–H and O–H groups in total. The van der Waals surface area contributed by atoms with Crippen LogP contribution in [-0.4, -0.2) is 98.1 Å². The fourth-order valence-electron chi connectivity index (χ4n) is 3.02. The number of nitrogens with zero attached hydrogens (tertiary/aromatic N) is 1. The van der Waals surface area contributed by atoms with Crippen LogP contribution in [0.3, 0.4) is 0 Å². The molecule has 0 aliphatic carbocycles. The molecule has 0 spiro atoms. The molecule has 0 aromatic rings. The van der Waals surface area contributed by atoms with E-state index in [0.717, 1.165) is 19.4 Å². The second-order valence-electron chi connectivity index (χ2n) is 7.02. The van der Waals surface area contributed by atoms with Gasteiger partial charge in [0.2, 0.25) is 0 Å². The Bertz CT molecular complexity index is 322. The van der Waals surface area contributed by atoms with Gasteiger partial charge in [-0.2, -0.15) is 0 Å². The standard InChI is InChI=1S/C20H39NO4.K/c1-2-3-4-5-6-7-8-9-10-11-12-13-16-21(17-14-19(22)23)18-15-20(24)25;/h2-18H2,1H3,(H,22,23)(H,24,25);. The number of carboxylic acid groups (broad SMARTS) is 2. The van der Waals surface area contributed by atoms with Crippen molar-refractivity contribution in [2.45, 2.75) is 96.8 Å². The first-order chi connectivity index (χ1) is 12.1. The third kappa shape index (κ3) is 22.6. The largest absolute Gasteiger partial charge is 0.481 e. The molecule has 0 bridgehead atoms. The quantitative estimate of drug-likeness (QED) is 0.247. The first kappa shape index (κ1) is 28.7. The second kappa shape index (κ2) is 21.8. The Balaban J connectivity index is 0. The average Bonchev–Trinajstić information content (AvgIpc) is 2.57. The molecule has 0 amide bonds. The Morgan fingerprint density at radius 1 is 0.615 bits per heavy atom. The molecule has 26 heavy (non-hydrogen) atoms. The Morgan fingerprint density at radius 2 is 0.962 bits per heavy atom. The summed E-state index contributed by atoms with van der Waals surface area (Å²) in [5.41, 5.74) is 0. The fourth-order valence-corrected chi connectivity index (χ4v) is 3.02. The van der Waals surface area contributed by atoms with Crippen LogP contribution in [0.15, 0.2) is 0 Å². The van der Waals surface area contributed by atoms with Crippen LogP contribution < -0.4 is 0 Å². The Labute approximate surface area is 202 Å². The summed E-state index contributed by atoms with van der Waals surface area (Å²) in [5.74, 6) is -1.65. The predicted octanol–water partition coefficient (Wildman–Crippen LogP) is 4.56. The van der Waals surface area contributed by atoms with E-state index in [9.17, 15) is 9.59 Å². The van der Waals surface area contributed by atoms with Crippen molar-refractivity contribution in [3.63, 3.8) is 0 Å². The monoisotopic (exact) mass is 396 g/mol. The predicted molar refractivity (Wildman–Crippen MR) is 108 cm³/mol. The number of carbonyl (C=O) groups is 2. The van der Waals surface area contributed by atoms with Crippen molar-refractivity contribution in [2.24, 2.45) is 0 Å². The van der Waals surface area contributed by atoms with E-state index in [4.69, 9.17) is 10.2 Å². The maximum atomic E-state index is 10.7. The summed E-state index contributed by atoms with van der Waals surface area (Å²) in [6.07, 6.45) is 15.7. The minimum Gasteiger partial charge on any atom is -0.481 e. The number of rotatable bonds is 19. The van der Waals surface area contributed by atoms with Crippen LogP contribution in [-0.2, 0) is 9.59 Å². The topological polar surface area (TPSA) is 77.8 Å². The third-order valence-electron chi connectivity index (χ3n) is 4.61. The summed E-state index contributed by atoms with van der Waals surface area (Å²) in [6, 6.07) is 0.